The Labute approximate surface area is 104 Å². The van der Waals surface area contributed by atoms with Gasteiger partial charge in [-0.1, -0.05) is 6.07 Å². The summed E-state index contributed by atoms with van der Waals surface area (Å²) in [5.74, 6) is -0.928. The number of hydrogen-bond donors (Lipinski definition) is 1. The molecule has 0 aliphatic carbocycles. The quantitative estimate of drug-likeness (QED) is 0.905. The van der Waals surface area contributed by atoms with Crippen molar-refractivity contribution in [2.75, 3.05) is 5.32 Å². The molecule has 0 spiro atoms. The molecule has 1 unspecified atom stereocenters. The lowest BCUT2D eigenvalue weighted by Crippen LogP contribution is -2.19. The third kappa shape index (κ3) is 2.83. The standard InChI is InChI=1S/C12H13BrN2O/c1-7-4-8(2)11(10(13)5-7)15-12(16)9(3)6-14/h4-5,9H,1-3H3,(H,15,16). The Balaban J connectivity index is 2.99. The van der Waals surface area contributed by atoms with E-state index in [2.05, 4.69) is 21.2 Å². The molecular formula is C12H13BrN2O. The van der Waals surface area contributed by atoms with Crippen molar-refractivity contribution in [2.45, 2.75) is 20.8 Å². The number of hydrogen-bond acceptors (Lipinski definition) is 2. The summed E-state index contributed by atoms with van der Waals surface area (Å²) in [5, 5.41) is 11.4. The first kappa shape index (κ1) is 12.7. The number of halogens is 1. The minimum absolute atomic E-state index is 0.282. The van der Waals surface area contributed by atoms with Gasteiger partial charge in [0.1, 0.15) is 5.92 Å². The fraction of sp³-hybridized carbons (Fsp3) is 0.333. The van der Waals surface area contributed by atoms with Crippen LogP contribution in [-0.2, 0) is 4.79 Å². The lowest BCUT2D eigenvalue weighted by molar-refractivity contribution is -0.117. The largest absolute Gasteiger partial charge is 0.324 e. The normalized spacial score (nSPS) is 11.7. The van der Waals surface area contributed by atoms with Crippen LogP contribution in [0.25, 0.3) is 0 Å². The third-order valence-corrected chi connectivity index (χ3v) is 2.89. The van der Waals surface area contributed by atoms with Crippen LogP contribution in [0, 0.1) is 31.1 Å². The predicted molar refractivity (Wildman–Crippen MR) is 67.0 cm³/mol. The molecule has 3 nitrogen and oxygen atoms in total. The Morgan fingerprint density at radius 1 is 1.50 bits per heavy atom. The highest BCUT2D eigenvalue weighted by molar-refractivity contribution is 9.10. The van der Waals surface area contributed by atoms with Crippen LogP contribution in [0.1, 0.15) is 18.1 Å². The fourth-order valence-electron chi connectivity index (χ4n) is 1.36. The second-order valence-electron chi connectivity index (χ2n) is 3.78. The monoisotopic (exact) mass is 280 g/mol. The summed E-state index contributed by atoms with van der Waals surface area (Å²) in [4.78, 5) is 11.6. The lowest BCUT2D eigenvalue weighted by atomic mass is 10.1. The van der Waals surface area contributed by atoms with E-state index in [1.807, 2.05) is 32.0 Å². The van der Waals surface area contributed by atoms with Crippen molar-refractivity contribution in [1.29, 1.82) is 5.26 Å². The van der Waals surface area contributed by atoms with Crippen LogP contribution in [0.15, 0.2) is 16.6 Å². The van der Waals surface area contributed by atoms with Crippen LogP contribution in [0.4, 0.5) is 5.69 Å². The number of rotatable bonds is 2. The SMILES string of the molecule is Cc1cc(C)c(NC(=O)C(C)C#N)c(Br)c1. The molecule has 0 bridgehead atoms. The number of benzene rings is 1. The molecule has 1 N–H and O–H groups in total. The number of carbonyl (C=O) groups is 1. The first-order valence-corrected chi connectivity index (χ1v) is 5.72. The van der Waals surface area contributed by atoms with Gasteiger partial charge in [-0.05, 0) is 53.9 Å². The first-order valence-electron chi connectivity index (χ1n) is 4.93. The molecule has 1 aromatic carbocycles. The molecule has 1 atom stereocenters. The summed E-state index contributed by atoms with van der Waals surface area (Å²) < 4.78 is 0.837. The lowest BCUT2D eigenvalue weighted by Gasteiger charge is -2.12. The van der Waals surface area contributed by atoms with Gasteiger partial charge in [0.05, 0.1) is 11.8 Å². The molecule has 0 heterocycles. The smallest absolute Gasteiger partial charge is 0.241 e. The van der Waals surface area contributed by atoms with Crippen molar-refractivity contribution in [3.8, 4) is 6.07 Å². The van der Waals surface area contributed by atoms with E-state index in [1.54, 1.807) is 6.92 Å². The van der Waals surface area contributed by atoms with Crippen molar-refractivity contribution in [3.63, 3.8) is 0 Å². The van der Waals surface area contributed by atoms with Crippen LogP contribution in [0.5, 0.6) is 0 Å². The number of nitrogens with one attached hydrogen (secondary N) is 1. The van der Waals surface area contributed by atoms with E-state index in [0.717, 1.165) is 21.3 Å². The molecule has 0 saturated heterocycles. The third-order valence-electron chi connectivity index (χ3n) is 2.27. The zero-order chi connectivity index (χ0) is 12.3. The van der Waals surface area contributed by atoms with Crippen molar-refractivity contribution in [1.82, 2.24) is 0 Å². The van der Waals surface area contributed by atoms with Crippen LogP contribution in [0.3, 0.4) is 0 Å². The summed E-state index contributed by atoms with van der Waals surface area (Å²) in [7, 11) is 0. The number of nitriles is 1. The molecule has 0 aromatic heterocycles. The van der Waals surface area contributed by atoms with Gasteiger partial charge in [0, 0.05) is 4.47 Å². The molecule has 4 heteroatoms. The number of carbonyl (C=O) groups excluding carboxylic acids is 1. The number of nitrogens with zero attached hydrogens (tertiary/aromatic N) is 1. The maximum Gasteiger partial charge on any atom is 0.241 e. The van der Waals surface area contributed by atoms with E-state index in [9.17, 15) is 4.79 Å². The predicted octanol–water partition coefficient (Wildman–Crippen LogP) is 3.16. The molecule has 16 heavy (non-hydrogen) atoms. The summed E-state index contributed by atoms with van der Waals surface area (Å²) in [6, 6.07) is 5.82. The first-order chi connectivity index (χ1) is 7.45. The van der Waals surface area contributed by atoms with Crippen LogP contribution in [-0.4, -0.2) is 5.91 Å². The minimum Gasteiger partial charge on any atom is -0.324 e. The molecule has 84 valence electrons. The molecular weight excluding hydrogens is 268 g/mol. The van der Waals surface area contributed by atoms with Gasteiger partial charge < -0.3 is 5.32 Å². The average Bonchev–Trinajstić information content (AvgIpc) is 2.21. The fourth-order valence-corrected chi connectivity index (χ4v) is 2.14. The Kier molecular flexibility index (Phi) is 4.08. The number of anilines is 1. The van der Waals surface area contributed by atoms with E-state index in [4.69, 9.17) is 5.26 Å². The molecule has 0 saturated carbocycles. The topological polar surface area (TPSA) is 52.9 Å². The molecule has 1 rings (SSSR count). The second-order valence-corrected chi connectivity index (χ2v) is 4.63. The maximum atomic E-state index is 11.6. The van der Waals surface area contributed by atoms with Gasteiger partial charge in [-0.25, -0.2) is 0 Å². The Morgan fingerprint density at radius 2 is 2.12 bits per heavy atom. The summed E-state index contributed by atoms with van der Waals surface area (Å²) in [5.41, 5.74) is 2.83. The van der Waals surface area contributed by atoms with Crippen molar-refractivity contribution in [3.05, 3.63) is 27.7 Å². The summed E-state index contributed by atoms with van der Waals surface area (Å²) in [6.07, 6.45) is 0. The molecule has 1 amide bonds. The van der Waals surface area contributed by atoms with Crippen molar-refractivity contribution >= 4 is 27.5 Å². The highest BCUT2D eigenvalue weighted by atomic mass is 79.9. The van der Waals surface area contributed by atoms with Crippen LogP contribution >= 0.6 is 15.9 Å². The van der Waals surface area contributed by atoms with E-state index in [0.29, 0.717) is 0 Å². The van der Waals surface area contributed by atoms with Crippen LogP contribution in [0.2, 0.25) is 0 Å². The van der Waals surface area contributed by atoms with Crippen molar-refractivity contribution < 1.29 is 4.79 Å². The summed E-state index contributed by atoms with van der Waals surface area (Å²) >= 11 is 3.40. The number of aryl methyl sites for hydroxylation is 2. The minimum atomic E-state index is -0.646. The summed E-state index contributed by atoms with van der Waals surface area (Å²) in [6.45, 7) is 5.48. The molecule has 0 radical (unpaired) electrons. The molecule has 0 fully saturated rings. The Bertz CT molecular complexity index is 440. The van der Waals surface area contributed by atoms with Gasteiger partial charge in [-0.3, -0.25) is 4.79 Å². The van der Waals surface area contributed by atoms with Gasteiger partial charge >= 0.3 is 0 Å². The van der Waals surface area contributed by atoms with Gasteiger partial charge in [0.15, 0.2) is 0 Å². The maximum absolute atomic E-state index is 11.6. The van der Waals surface area contributed by atoms with Gasteiger partial charge in [0.25, 0.3) is 0 Å². The highest BCUT2D eigenvalue weighted by Crippen LogP contribution is 2.28. The van der Waals surface area contributed by atoms with Gasteiger partial charge in [-0.15, -0.1) is 0 Å². The van der Waals surface area contributed by atoms with Crippen molar-refractivity contribution in [2.24, 2.45) is 5.92 Å². The van der Waals surface area contributed by atoms with Gasteiger partial charge in [-0.2, -0.15) is 5.26 Å². The Morgan fingerprint density at radius 3 is 2.62 bits per heavy atom. The van der Waals surface area contributed by atoms with E-state index >= 15 is 0 Å². The average molecular weight is 281 g/mol. The highest BCUT2D eigenvalue weighted by Gasteiger charge is 2.14. The van der Waals surface area contributed by atoms with Gasteiger partial charge in [0.2, 0.25) is 5.91 Å². The molecule has 0 aliphatic rings. The van der Waals surface area contributed by atoms with E-state index in [-0.39, 0.29) is 5.91 Å². The molecule has 0 aliphatic heterocycles. The number of amides is 1. The van der Waals surface area contributed by atoms with Crippen LogP contribution < -0.4 is 5.32 Å². The van der Waals surface area contributed by atoms with E-state index in [1.165, 1.54) is 0 Å². The Hall–Kier alpha value is -1.34. The zero-order valence-electron chi connectivity index (χ0n) is 9.47. The zero-order valence-corrected chi connectivity index (χ0v) is 11.1. The van der Waals surface area contributed by atoms with E-state index < -0.39 is 5.92 Å². The second kappa shape index (κ2) is 5.13. The molecule has 1 aromatic rings.